The monoisotopic (exact) mass is 250 g/mol. The van der Waals surface area contributed by atoms with E-state index in [1.165, 1.54) is 12.5 Å². The van der Waals surface area contributed by atoms with E-state index < -0.39 is 4.92 Å². The molecular formula is C12H18N4O2. The van der Waals surface area contributed by atoms with Gasteiger partial charge in [0.2, 0.25) is 0 Å². The maximum absolute atomic E-state index is 10.6. The summed E-state index contributed by atoms with van der Waals surface area (Å²) >= 11 is 0. The summed E-state index contributed by atoms with van der Waals surface area (Å²) in [6.07, 6.45) is 1.19. The zero-order valence-corrected chi connectivity index (χ0v) is 10.4. The standard InChI is InChI=1S/C12H18N4O2/c1-15-5-4-9(8-15)7-14-10-2-3-12(16(17)18)11(13)6-10/h2-3,6,9,14H,4-5,7-8,13H2,1H3. The molecule has 1 atom stereocenters. The number of nitrogen functional groups attached to an aromatic ring is 1. The van der Waals surface area contributed by atoms with E-state index in [9.17, 15) is 10.1 Å². The van der Waals surface area contributed by atoms with Crippen molar-refractivity contribution >= 4 is 17.1 Å². The zero-order chi connectivity index (χ0) is 13.1. The fourth-order valence-electron chi connectivity index (χ4n) is 2.29. The topological polar surface area (TPSA) is 84.4 Å². The number of hydrogen-bond donors (Lipinski definition) is 2. The zero-order valence-electron chi connectivity index (χ0n) is 10.4. The Hall–Kier alpha value is -1.82. The molecule has 6 heteroatoms. The second-order valence-corrected chi connectivity index (χ2v) is 4.83. The van der Waals surface area contributed by atoms with Gasteiger partial charge in [-0.2, -0.15) is 0 Å². The molecule has 1 aliphatic rings. The molecule has 2 rings (SSSR count). The van der Waals surface area contributed by atoms with Gasteiger partial charge in [0.15, 0.2) is 0 Å². The maximum atomic E-state index is 10.6. The molecule has 1 aliphatic heterocycles. The van der Waals surface area contributed by atoms with Crippen molar-refractivity contribution in [1.29, 1.82) is 0 Å². The molecule has 1 aromatic rings. The van der Waals surface area contributed by atoms with E-state index in [1.54, 1.807) is 12.1 Å². The van der Waals surface area contributed by atoms with Crippen molar-refractivity contribution in [2.75, 3.05) is 37.7 Å². The molecule has 0 aliphatic carbocycles. The highest BCUT2D eigenvalue weighted by Gasteiger charge is 2.19. The van der Waals surface area contributed by atoms with Gasteiger partial charge in [-0.3, -0.25) is 10.1 Å². The molecule has 18 heavy (non-hydrogen) atoms. The van der Waals surface area contributed by atoms with Crippen molar-refractivity contribution in [2.24, 2.45) is 5.92 Å². The first kappa shape index (κ1) is 12.6. The summed E-state index contributed by atoms with van der Waals surface area (Å²) in [7, 11) is 2.11. The number of nitrogens with one attached hydrogen (secondary N) is 1. The molecule has 0 saturated carbocycles. The minimum atomic E-state index is -0.467. The molecule has 6 nitrogen and oxygen atoms in total. The van der Waals surface area contributed by atoms with E-state index in [0.29, 0.717) is 5.92 Å². The highest BCUT2D eigenvalue weighted by Crippen LogP contribution is 2.25. The summed E-state index contributed by atoms with van der Waals surface area (Å²) in [5.74, 6) is 0.631. The third kappa shape index (κ3) is 2.89. The molecule has 0 aromatic heterocycles. The van der Waals surface area contributed by atoms with Gasteiger partial charge in [0.25, 0.3) is 5.69 Å². The molecule has 1 unspecified atom stereocenters. The summed E-state index contributed by atoms with van der Waals surface area (Å²) in [5, 5.41) is 13.9. The van der Waals surface area contributed by atoms with Crippen LogP contribution < -0.4 is 11.1 Å². The van der Waals surface area contributed by atoms with Gasteiger partial charge in [-0.25, -0.2) is 0 Å². The van der Waals surface area contributed by atoms with Gasteiger partial charge < -0.3 is 16.0 Å². The molecular weight excluding hydrogens is 232 g/mol. The van der Waals surface area contributed by atoms with Crippen molar-refractivity contribution in [3.8, 4) is 0 Å². The Morgan fingerprint density at radius 2 is 2.39 bits per heavy atom. The minimum absolute atomic E-state index is 0.0406. The first-order valence-electron chi connectivity index (χ1n) is 6.02. The first-order valence-corrected chi connectivity index (χ1v) is 6.02. The number of nitro benzene ring substituents is 1. The highest BCUT2D eigenvalue weighted by atomic mass is 16.6. The summed E-state index contributed by atoms with van der Waals surface area (Å²) < 4.78 is 0. The number of anilines is 2. The Balaban J connectivity index is 1.94. The lowest BCUT2D eigenvalue weighted by Crippen LogP contribution is -2.19. The maximum Gasteiger partial charge on any atom is 0.292 e. The van der Waals surface area contributed by atoms with Crippen LogP contribution in [0.5, 0.6) is 0 Å². The van der Waals surface area contributed by atoms with Crippen LogP contribution in [0, 0.1) is 16.0 Å². The number of rotatable bonds is 4. The van der Waals surface area contributed by atoms with Crippen molar-refractivity contribution in [1.82, 2.24) is 4.90 Å². The van der Waals surface area contributed by atoms with Gasteiger partial charge in [-0.1, -0.05) is 0 Å². The predicted octanol–water partition coefficient (Wildman–Crippen LogP) is 1.54. The molecule has 1 fully saturated rings. The second-order valence-electron chi connectivity index (χ2n) is 4.83. The lowest BCUT2D eigenvalue weighted by atomic mass is 10.1. The summed E-state index contributed by atoms with van der Waals surface area (Å²) in [5.41, 5.74) is 6.64. The number of nitrogens with zero attached hydrogens (tertiary/aromatic N) is 2. The van der Waals surface area contributed by atoms with Crippen LogP contribution in [0.25, 0.3) is 0 Å². The smallest absolute Gasteiger partial charge is 0.292 e. The Labute approximate surface area is 106 Å². The third-order valence-electron chi connectivity index (χ3n) is 3.31. The van der Waals surface area contributed by atoms with E-state index in [-0.39, 0.29) is 11.4 Å². The molecule has 1 saturated heterocycles. The molecule has 1 heterocycles. The number of hydrogen-bond acceptors (Lipinski definition) is 5. The van der Waals surface area contributed by atoms with Crippen molar-refractivity contribution in [3.05, 3.63) is 28.3 Å². The van der Waals surface area contributed by atoms with Gasteiger partial charge in [-0.15, -0.1) is 0 Å². The molecule has 0 spiro atoms. The Bertz CT molecular complexity index is 450. The largest absolute Gasteiger partial charge is 0.393 e. The first-order chi connectivity index (χ1) is 8.56. The fraction of sp³-hybridized carbons (Fsp3) is 0.500. The SMILES string of the molecule is CN1CCC(CNc2ccc([N+](=O)[O-])c(N)c2)C1. The lowest BCUT2D eigenvalue weighted by Gasteiger charge is -2.13. The normalized spacial score (nSPS) is 19.9. The van der Waals surface area contributed by atoms with Crippen LogP contribution in [0.4, 0.5) is 17.1 Å². The van der Waals surface area contributed by atoms with Crippen LogP contribution in [0.1, 0.15) is 6.42 Å². The van der Waals surface area contributed by atoms with Crippen LogP contribution in [-0.4, -0.2) is 36.5 Å². The van der Waals surface area contributed by atoms with E-state index in [4.69, 9.17) is 5.73 Å². The third-order valence-corrected chi connectivity index (χ3v) is 3.31. The van der Waals surface area contributed by atoms with E-state index in [1.807, 2.05) is 0 Å². The van der Waals surface area contributed by atoms with Crippen molar-refractivity contribution in [2.45, 2.75) is 6.42 Å². The van der Waals surface area contributed by atoms with Gasteiger partial charge in [0.05, 0.1) is 4.92 Å². The molecule has 0 amide bonds. The molecule has 1 aromatic carbocycles. The number of nitro groups is 1. The average Bonchev–Trinajstić information content (AvgIpc) is 2.72. The van der Waals surface area contributed by atoms with Gasteiger partial charge >= 0.3 is 0 Å². The van der Waals surface area contributed by atoms with Crippen molar-refractivity contribution < 1.29 is 4.92 Å². The number of benzene rings is 1. The van der Waals surface area contributed by atoms with Crippen LogP contribution in [0.2, 0.25) is 0 Å². The quantitative estimate of drug-likeness (QED) is 0.481. The Morgan fingerprint density at radius 1 is 1.61 bits per heavy atom. The summed E-state index contributed by atoms with van der Waals surface area (Å²) in [6, 6.07) is 4.77. The predicted molar refractivity (Wildman–Crippen MR) is 71.6 cm³/mol. The Kier molecular flexibility index (Phi) is 3.66. The molecule has 0 bridgehead atoms. The van der Waals surface area contributed by atoms with Crippen LogP contribution >= 0.6 is 0 Å². The Morgan fingerprint density at radius 3 is 2.94 bits per heavy atom. The molecule has 0 radical (unpaired) electrons. The molecule has 98 valence electrons. The highest BCUT2D eigenvalue weighted by molar-refractivity contribution is 5.65. The summed E-state index contributed by atoms with van der Waals surface area (Å²) in [6.45, 7) is 3.10. The van der Waals surface area contributed by atoms with Gasteiger partial charge in [0.1, 0.15) is 5.69 Å². The van der Waals surface area contributed by atoms with Crippen molar-refractivity contribution in [3.63, 3.8) is 0 Å². The van der Waals surface area contributed by atoms with E-state index >= 15 is 0 Å². The van der Waals surface area contributed by atoms with E-state index in [0.717, 1.165) is 25.3 Å². The second kappa shape index (κ2) is 5.22. The lowest BCUT2D eigenvalue weighted by molar-refractivity contribution is -0.383. The number of likely N-dealkylation sites (tertiary alicyclic amines) is 1. The minimum Gasteiger partial charge on any atom is -0.393 e. The van der Waals surface area contributed by atoms with Gasteiger partial charge in [-0.05, 0) is 38.1 Å². The van der Waals surface area contributed by atoms with Crippen LogP contribution in [-0.2, 0) is 0 Å². The van der Waals surface area contributed by atoms with E-state index in [2.05, 4.69) is 17.3 Å². The van der Waals surface area contributed by atoms with Crippen LogP contribution in [0.15, 0.2) is 18.2 Å². The van der Waals surface area contributed by atoms with Gasteiger partial charge in [0, 0.05) is 24.8 Å². The fourth-order valence-corrected chi connectivity index (χ4v) is 2.29. The summed E-state index contributed by atoms with van der Waals surface area (Å²) in [4.78, 5) is 12.5. The number of nitrogens with two attached hydrogens (primary N) is 1. The van der Waals surface area contributed by atoms with Crippen LogP contribution in [0.3, 0.4) is 0 Å². The molecule has 3 N–H and O–H groups in total. The average molecular weight is 250 g/mol.